The van der Waals surface area contributed by atoms with Crippen LogP contribution in [0.3, 0.4) is 0 Å². The molecule has 48 valence electrons. The van der Waals surface area contributed by atoms with E-state index in [4.69, 9.17) is 5.11 Å². The summed E-state index contributed by atoms with van der Waals surface area (Å²) in [6.45, 7) is 1.80. The smallest absolute Gasteiger partial charge is 0.0818 e. The van der Waals surface area contributed by atoms with Crippen LogP contribution in [0.1, 0.15) is 6.92 Å². The molecule has 0 rings (SSSR count). The molecule has 0 saturated heterocycles. The number of aliphatic hydroxyl groups excluding tert-OH is 1. The number of nitrogens with one attached hydrogen (secondary N) is 1. The van der Waals surface area contributed by atoms with Crippen molar-refractivity contribution in [1.29, 1.82) is 0 Å². The van der Waals surface area contributed by atoms with Gasteiger partial charge in [0.25, 0.3) is 0 Å². The summed E-state index contributed by atoms with van der Waals surface area (Å²) >= 11 is 1.22. The van der Waals surface area contributed by atoms with Gasteiger partial charge in [0.2, 0.25) is 0 Å². The standard InChI is InChI=1S/C4H10N2OS/c1-4(3-7)6-8-5-2/h5,7H,3H2,1-2H3/b6-4-. The van der Waals surface area contributed by atoms with Gasteiger partial charge >= 0.3 is 0 Å². The van der Waals surface area contributed by atoms with Gasteiger partial charge in [0, 0.05) is 0 Å². The van der Waals surface area contributed by atoms with Gasteiger partial charge in [0.15, 0.2) is 0 Å². The van der Waals surface area contributed by atoms with Crippen molar-refractivity contribution in [2.24, 2.45) is 4.40 Å². The van der Waals surface area contributed by atoms with E-state index >= 15 is 0 Å². The summed E-state index contributed by atoms with van der Waals surface area (Å²) in [7, 11) is 1.78. The van der Waals surface area contributed by atoms with Gasteiger partial charge in [-0.25, -0.2) is 9.12 Å². The lowest BCUT2D eigenvalue weighted by molar-refractivity contribution is 0.357. The molecule has 0 aromatic carbocycles. The lowest BCUT2D eigenvalue weighted by Gasteiger charge is -1.90. The van der Waals surface area contributed by atoms with Gasteiger partial charge in [-0.15, -0.1) is 0 Å². The van der Waals surface area contributed by atoms with Crippen molar-refractivity contribution < 1.29 is 5.11 Å². The molecule has 0 aromatic heterocycles. The Labute approximate surface area is 53.5 Å². The van der Waals surface area contributed by atoms with Crippen LogP contribution in [-0.2, 0) is 0 Å². The summed E-state index contributed by atoms with van der Waals surface area (Å²) in [6.07, 6.45) is 0. The van der Waals surface area contributed by atoms with E-state index in [-0.39, 0.29) is 6.61 Å². The maximum Gasteiger partial charge on any atom is 0.0818 e. The predicted octanol–water partition coefficient (Wildman–Crippen LogP) is 0.222. The molecule has 0 atom stereocenters. The number of aliphatic hydroxyl groups is 1. The molecule has 0 heterocycles. The molecule has 0 fully saturated rings. The molecule has 0 aliphatic heterocycles. The van der Waals surface area contributed by atoms with E-state index in [1.165, 1.54) is 12.1 Å². The van der Waals surface area contributed by atoms with Crippen molar-refractivity contribution >= 4 is 17.8 Å². The Balaban J connectivity index is 3.26. The van der Waals surface area contributed by atoms with Crippen molar-refractivity contribution in [1.82, 2.24) is 4.72 Å². The molecule has 0 radical (unpaired) electrons. The number of hydrogen-bond donors (Lipinski definition) is 2. The second-order valence-corrected chi connectivity index (χ2v) is 2.05. The summed E-state index contributed by atoms with van der Waals surface area (Å²) in [6, 6.07) is 0. The molecule has 0 saturated carbocycles. The van der Waals surface area contributed by atoms with Crippen LogP contribution < -0.4 is 4.72 Å². The Morgan fingerprint density at radius 1 is 1.88 bits per heavy atom. The van der Waals surface area contributed by atoms with Crippen molar-refractivity contribution in [3.8, 4) is 0 Å². The topological polar surface area (TPSA) is 44.6 Å². The first-order chi connectivity index (χ1) is 3.81. The lowest BCUT2D eigenvalue weighted by Crippen LogP contribution is -1.97. The highest BCUT2D eigenvalue weighted by atomic mass is 32.2. The molecular weight excluding hydrogens is 124 g/mol. The molecule has 0 amide bonds. The first-order valence-electron chi connectivity index (χ1n) is 2.28. The normalized spacial score (nSPS) is 12.1. The first-order valence-corrected chi connectivity index (χ1v) is 3.05. The Morgan fingerprint density at radius 2 is 2.50 bits per heavy atom. The zero-order valence-electron chi connectivity index (χ0n) is 5.01. The van der Waals surface area contributed by atoms with Crippen LogP contribution in [-0.4, -0.2) is 24.5 Å². The van der Waals surface area contributed by atoms with Gasteiger partial charge in [0.1, 0.15) is 0 Å². The zero-order valence-corrected chi connectivity index (χ0v) is 5.83. The molecule has 3 nitrogen and oxygen atoms in total. The van der Waals surface area contributed by atoms with Crippen molar-refractivity contribution in [2.45, 2.75) is 6.92 Å². The molecule has 0 aliphatic carbocycles. The zero-order chi connectivity index (χ0) is 6.41. The fraction of sp³-hybridized carbons (Fsp3) is 0.750. The molecular formula is C4H10N2OS. The van der Waals surface area contributed by atoms with E-state index in [0.29, 0.717) is 0 Å². The van der Waals surface area contributed by atoms with E-state index in [1.807, 2.05) is 0 Å². The first kappa shape index (κ1) is 7.94. The number of hydrogen-bond acceptors (Lipinski definition) is 4. The summed E-state index contributed by atoms with van der Waals surface area (Å²) in [4.78, 5) is 0. The Bertz CT molecular complexity index is 84.1. The third-order valence-corrected chi connectivity index (χ3v) is 1.11. The number of rotatable bonds is 3. The molecule has 4 heteroatoms. The minimum Gasteiger partial charge on any atom is -0.390 e. The maximum absolute atomic E-state index is 8.39. The fourth-order valence-electron chi connectivity index (χ4n) is 0.152. The fourth-order valence-corrected chi connectivity index (χ4v) is 0.457. The van der Waals surface area contributed by atoms with Gasteiger partial charge in [-0.1, -0.05) is 0 Å². The Morgan fingerprint density at radius 3 is 2.88 bits per heavy atom. The van der Waals surface area contributed by atoms with E-state index in [1.54, 1.807) is 14.0 Å². The van der Waals surface area contributed by atoms with Crippen molar-refractivity contribution in [3.05, 3.63) is 0 Å². The summed E-state index contributed by atoms with van der Waals surface area (Å²) in [5.41, 5.74) is 0.726. The lowest BCUT2D eigenvalue weighted by atomic mass is 10.5. The molecule has 2 N–H and O–H groups in total. The van der Waals surface area contributed by atoms with E-state index in [0.717, 1.165) is 5.71 Å². The monoisotopic (exact) mass is 134 g/mol. The van der Waals surface area contributed by atoms with E-state index in [9.17, 15) is 0 Å². The highest BCUT2D eigenvalue weighted by Gasteiger charge is 1.82. The Kier molecular flexibility index (Phi) is 5.05. The minimum absolute atomic E-state index is 0.0364. The molecule has 8 heavy (non-hydrogen) atoms. The minimum atomic E-state index is 0.0364. The van der Waals surface area contributed by atoms with Crippen LogP contribution in [0.5, 0.6) is 0 Å². The van der Waals surface area contributed by atoms with Crippen LogP contribution >= 0.6 is 12.1 Å². The highest BCUT2D eigenvalue weighted by molar-refractivity contribution is 7.96. The van der Waals surface area contributed by atoms with Gasteiger partial charge in [-0.2, -0.15) is 0 Å². The second kappa shape index (κ2) is 5.08. The third kappa shape index (κ3) is 4.11. The van der Waals surface area contributed by atoms with Crippen LogP contribution in [0.25, 0.3) is 0 Å². The van der Waals surface area contributed by atoms with Crippen LogP contribution in [0.4, 0.5) is 0 Å². The van der Waals surface area contributed by atoms with Crippen LogP contribution in [0.2, 0.25) is 0 Å². The average Bonchev–Trinajstić information content (AvgIpc) is 1.83. The molecule has 0 spiro atoms. The van der Waals surface area contributed by atoms with Gasteiger partial charge in [-0.3, -0.25) is 0 Å². The van der Waals surface area contributed by atoms with Crippen molar-refractivity contribution in [2.75, 3.05) is 13.7 Å². The molecule has 0 unspecified atom stereocenters. The molecule has 0 aromatic rings. The summed E-state index contributed by atoms with van der Waals surface area (Å²) in [5, 5.41) is 8.39. The van der Waals surface area contributed by atoms with Crippen LogP contribution in [0.15, 0.2) is 4.40 Å². The van der Waals surface area contributed by atoms with Gasteiger partial charge in [0.05, 0.1) is 24.5 Å². The molecule has 0 bridgehead atoms. The van der Waals surface area contributed by atoms with Crippen molar-refractivity contribution in [3.63, 3.8) is 0 Å². The number of nitrogens with zero attached hydrogens (tertiary/aromatic N) is 1. The predicted molar refractivity (Wildman–Crippen MR) is 36.8 cm³/mol. The van der Waals surface area contributed by atoms with E-state index < -0.39 is 0 Å². The van der Waals surface area contributed by atoms with Crippen LogP contribution in [0, 0.1) is 0 Å². The summed E-state index contributed by atoms with van der Waals surface area (Å²) in [5.74, 6) is 0. The Hall–Kier alpha value is -0.0600. The average molecular weight is 134 g/mol. The van der Waals surface area contributed by atoms with Gasteiger partial charge in [-0.05, 0) is 14.0 Å². The summed E-state index contributed by atoms with van der Waals surface area (Å²) < 4.78 is 6.58. The SMILES string of the molecule is CNS/N=C(/C)CO. The second-order valence-electron chi connectivity index (χ2n) is 1.28. The highest BCUT2D eigenvalue weighted by Crippen LogP contribution is 1.92. The van der Waals surface area contributed by atoms with Gasteiger partial charge < -0.3 is 5.11 Å². The largest absolute Gasteiger partial charge is 0.390 e. The van der Waals surface area contributed by atoms with E-state index in [2.05, 4.69) is 9.12 Å². The molecule has 0 aliphatic rings. The third-order valence-electron chi connectivity index (χ3n) is 0.522. The quantitative estimate of drug-likeness (QED) is 0.429. The maximum atomic E-state index is 8.39.